The van der Waals surface area contributed by atoms with Crippen molar-refractivity contribution < 1.29 is 0 Å². The van der Waals surface area contributed by atoms with Crippen LogP contribution >= 0.6 is 11.6 Å². The van der Waals surface area contributed by atoms with E-state index in [9.17, 15) is 0 Å². The zero-order chi connectivity index (χ0) is 10.9. The molecule has 0 amide bonds. The molecular formula is C12H13ClN2. The average molecular weight is 221 g/mol. The summed E-state index contributed by atoms with van der Waals surface area (Å²) < 4.78 is 0. The highest BCUT2D eigenvalue weighted by atomic mass is 35.5. The van der Waals surface area contributed by atoms with E-state index in [2.05, 4.69) is 11.4 Å². The topological polar surface area (TPSA) is 35.8 Å². The lowest BCUT2D eigenvalue weighted by atomic mass is 10.1. The SMILES string of the molecule is Cc1c(Cl)cccc1NCC1(C#N)CC1. The zero-order valence-electron chi connectivity index (χ0n) is 8.68. The van der Waals surface area contributed by atoms with Crippen LogP contribution in [0, 0.1) is 23.7 Å². The second-order valence-corrected chi connectivity index (χ2v) is 4.57. The molecule has 2 nitrogen and oxygen atoms in total. The van der Waals surface area contributed by atoms with E-state index in [1.807, 2.05) is 25.1 Å². The smallest absolute Gasteiger partial charge is 0.0747 e. The van der Waals surface area contributed by atoms with Crippen LogP contribution in [0.5, 0.6) is 0 Å². The largest absolute Gasteiger partial charge is 0.383 e. The Morgan fingerprint density at radius 3 is 2.87 bits per heavy atom. The maximum atomic E-state index is 8.94. The number of nitriles is 1. The molecule has 1 saturated carbocycles. The molecule has 0 spiro atoms. The van der Waals surface area contributed by atoms with Crippen LogP contribution in [0.2, 0.25) is 5.02 Å². The van der Waals surface area contributed by atoms with Crippen molar-refractivity contribution in [1.29, 1.82) is 5.26 Å². The third kappa shape index (κ3) is 2.08. The van der Waals surface area contributed by atoms with Crippen LogP contribution in [0.25, 0.3) is 0 Å². The molecule has 0 saturated heterocycles. The first-order chi connectivity index (χ1) is 7.17. The molecule has 2 rings (SSSR count). The Kier molecular flexibility index (Phi) is 2.58. The van der Waals surface area contributed by atoms with Crippen molar-refractivity contribution in [2.24, 2.45) is 5.41 Å². The number of nitrogens with one attached hydrogen (secondary N) is 1. The van der Waals surface area contributed by atoms with E-state index < -0.39 is 0 Å². The summed E-state index contributed by atoms with van der Waals surface area (Å²) in [6.07, 6.45) is 2.02. The van der Waals surface area contributed by atoms with Gasteiger partial charge in [-0.25, -0.2) is 0 Å². The van der Waals surface area contributed by atoms with Gasteiger partial charge in [0.15, 0.2) is 0 Å². The molecule has 1 aromatic carbocycles. The van der Waals surface area contributed by atoms with E-state index in [1.54, 1.807) is 0 Å². The van der Waals surface area contributed by atoms with E-state index in [-0.39, 0.29) is 5.41 Å². The van der Waals surface area contributed by atoms with Crippen molar-refractivity contribution in [3.05, 3.63) is 28.8 Å². The molecule has 1 aromatic rings. The quantitative estimate of drug-likeness (QED) is 0.848. The molecule has 1 fully saturated rings. The van der Waals surface area contributed by atoms with Crippen LogP contribution in [0.1, 0.15) is 18.4 Å². The minimum atomic E-state index is -0.116. The number of hydrogen-bond donors (Lipinski definition) is 1. The summed E-state index contributed by atoms with van der Waals surface area (Å²) in [5.41, 5.74) is 1.96. The molecule has 1 N–H and O–H groups in total. The maximum Gasteiger partial charge on any atom is 0.0747 e. The Balaban J connectivity index is 2.06. The summed E-state index contributed by atoms with van der Waals surface area (Å²) in [7, 11) is 0. The van der Waals surface area contributed by atoms with Gasteiger partial charge in [0.2, 0.25) is 0 Å². The molecule has 0 heterocycles. The van der Waals surface area contributed by atoms with E-state index in [0.717, 1.165) is 35.7 Å². The van der Waals surface area contributed by atoms with Gasteiger partial charge in [0, 0.05) is 17.3 Å². The second kappa shape index (κ2) is 3.75. The summed E-state index contributed by atoms with van der Waals surface area (Å²) in [6.45, 7) is 2.71. The highest BCUT2D eigenvalue weighted by Crippen LogP contribution is 2.44. The first kappa shape index (κ1) is 10.3. The standard InChI is InChI=1S/C12H13ClN2/c1-9-10(13)3-2-4-11(9)15-8-12(7-14)5-6-12/h2-4,15H,5-6,8H2,1H3. The third-order valence-electron chi connectivity index (χ3n) is 2.98. The predicted octanol–water partition coefficient (Wildman–Crippen LogP) is 3.36. The Bertz CT molecular complexity index is 416. The van der Waals surface area contributed by atoms with Gasteiger partial charge in [-0.2, -0.15) is 5.26 Å². The molecule has 0 radical (unpaired) electrons. The minimum Gasteiger partial charge on any atom is -0.383 e. The fraction of sp³-hybridized carbons (Fsp3) is 0.417. The van der Waals surface area contributed by atoms with Gasteiger partial charge >= 0.3 is 0 Å². The summed E-state index contributed by atoms with van der Waals surface area (Å²) in [4.78, 5) is 0. The lowest BCUT2D eigenvalue weighted by molar-refractivity contribution is 0.711. The lowest BCUT2D eigenvalue weighted by Gasteiger charge is -2.12. The molecule has 0 aliphatic heterocycles. The number of nitrogens with zero attached hydrogens (tertiary/aromatic N) is 1. The minimum absolute atomic E-state index is 0.116. The molecule has 0 atom stereocenters. The Hall–Kier alpha value is -1.20. The number of anilines is 1. The first-order valence-electron chi connectivity index (χ1n) is 5.07. The number of halogens is 1. The molecule has 0 unspecified atom stereocenters. The monoisotopic (exact) mass is 220 g/mol. The summed E-state index contributed by atoms with van der Waals surface area (Å²) in [6, 6.07) is 8.15. The van der Waals surface area contributed by atoms with Crippen molar-refractivity contribution in [3.63, 3.8) is 0 Å². The molecule has 0 bridgehead atoms. The fourth-order valence-electron chi connectivity index (χ4n) is 1.54. The number of rotatable bonds is 3. The van der Waals surface area contributed by atoms with Crippen LogP contribution in [-0.2, 0) is 0 Å². The van der Waals surface area contributed by atoms with Gasteiger partial charge < -0.3 is 5.32 Å². The highest BCUT2D eigenvalue weighted by molar-refractivity contribution is 6.31. The van der Waals surface area contributed by atoms with Gasteiger partial charge in [-0.15, -0.1) is 0 Å². The van der Waals surface area contributed by atoms with E-state index >= 15 is 0 Å². The van der Waals surface area contributed by atoms with Gasteiger partial charge in [0.25, 0.3) is 0 Å². The van der Waals surface area contributed by atoms with Crippen molar-refractivity contribution in [2.75, 3.05) is 11.9 Å². The molecule has 1 aliphatic rings. The molecular weight excluding hydrogens is 208 g/mol. The number of benzene rings is 1. The van der Waals surface area contributed by atoms with Crippen molar-refractivity contribution in [2.45, 2.75) is 19.8 Å². The average Bonchev–Trinajstić information content (AvgIpc) is 3.01. The Morgan fingerprint density at radius 2 is 2.27 bits per heavy atom. The fourth-order valence-corrected chi connectivity index (χ4v) is 1.72. The van der Waals surface area contributed by atoms with Gasteiger partial charge in [-0.1, -0.05) is 17.7 Å². The van der Waals surface area contributed by atoms with Crippen LogP contribution < -0.4 is 5.32 Å². The first-order valence-corrected chi connectivity index (χ1v) is 5.45. The van der Waals surface area contributed by atoms with E-state index in [4.69, 9.17) is 16.9 Å². The normalized spacial score (nSPS) is 16.9. The predicted molar refractivity (Wildman–Crippen MR) is 62.0 cm³/mol. The van der Waals surface area contributed by atoms with Crippen LogP contribution in [0.4, 0.5) is 5.69 Å². The molecule has 15 heavy (non-hydrogen) atoms. The molecule has 3 heteroatoms. The third-order valence-corrected chi connectivity index (χ3v) is 3.39. The van der Waals surface area contributed by atoms with Crippen LogP contribution in [0.3, 0.4) is 0 Å². The molecule has 78 valence electrons. The Labute approximate surface area is 94.9 Å². The van der Waals surface area contributed by atoms with E-state index in [0.29, 0.717) is 0 Å². The van der Waals surface area contributed by atoms with Gasteiger partial charge in [-0.05, 0) is 37.5 Å². The van der Waals surface area contributed by atoms with Crippen molar-refractivity contribution in [1.82, 2.24) is 0 Å². The van der Waals surface area contributed by atoms with Gasteiger partial charge in [0.1, 0.15) is 0 Å². The lowest BCUT2D eigenvalue weighted by Crippen LogP contribution is -2.13. The summed E-state index contributed by atoms with van der Waals surface area (Å²) in [5.74, 6) is 0. The van der Waals surface area contributed by atoms with Gasteiger partial charge in [-0.3, -0.25) is 0 Å². The van der Waals surface area contributed by atoms with Gasteiger partial charge in [0.05, 0.1) is 11.5 Å². The number of hydrogen-bond acceptors (Lipinski definition) is 2. The second-order valence-electron chi connectivity index (χ2n) is 4.16. The maximum absolute atomic E-state index is 8.94. The highest BCUT2D eigenvalue weighted by Gasteiger charge is 2.42. The summed E-state index contributed by atoms with van der Waals surface area (Å²) >= 11 is 6.01. The van der Waals surface area contributed by atoms with E-state index in [1.165, 1.54) is 0 Å². The van der Waals surface area contributed by atoms with Crippen molar-refractivity contribution >= 4 is 17.3 Å². The van der Waals surface area contributed by atoms with Crippen LogP contribution in [-0.4, -0.2) is 6.54 Å². The molecule has 1 aliphatic carbocycles. The van der Waals surface area contributed by atoms with Crippen molar-refractivity contribution in [3.8, 4) is 6.07 Å². The Morgan fingerprint density at radius 1 is 1.53 bits per heavy atom. The summed E-state index contributed by atoms with van der Waals surface area (Å²) in [5, 5.41) is 13.0. The molecule has 0 aromatic heterocycles. The zero-order valence-corrected chi connectivity index (χ0v) is 9.43. The van der Waals surface area contributed by atoms with Crippen LogP contribution in [0.15, 0.2) is 18.2 Å².